The van der Waals surface area contributed by atoms with E-state index in [0.29, 0.717) is 11.5 Å². The molecule has 0 saturated heterocycles. The van der Waals surface area contributed by atoms with E-state index in [4.69, 9.17) is 0 Å². The molecule has 0 atom stereocenters. The Bertz CT molecular complexity index is 887. The van der Waals surface area contributed by atoms with Crippen molar-refractivity contribution in [2.24, 2.45) is 0 Å². The molecular weight excluding hydrogens is 338 g/mol. The van der Waals surface area contributed by atoms with Crippen molar-refractivity contribution >= 4 is 28.9 Å². The minimum absolute atomic E-state index is 0.244. The first kappa shape index (κ1) is 18.4. The predicted molar refractivity (Wildman–Crippen MR) is 110 cm³/mol. The summed E-state index contributed by atoms with van der Waals surface area (Å²) < 4.78 is 0. The molecule has 1 aromatic heterocycles. The van der Waals surface area contributed by atoms with E-state index in [-0.39, 0.29) is 5.91 Å². The zero-order valence-corrected chi connectivity index (χ0v) is 15.7. The fourth-order valence-electron chi connectivity index (χ4n) is 2.51. The number of amides is 1. The summed E-state index contributed by atoms with van der Waals surface area (Å²) in [4.78, 5) is 22.8. The van der Waals surface area contributed by atoms with Gasteiger partial charge < -0.3 is 15.5 Å². The highest BCUT2D eigenvalue weighted by atomic mass is 16.1. The van der Waals surface area contributed by atoms with Crippen LogP contribution in [0.15, 0.2) is 60.9 Å². The van der Waals surface area contributed by atoms with Gasteiger partial charge in [-0.05, 0) is 48.4 Å². The third kappa shape index (κ3) is 4.82. The maximum absolute atomic E-state index is 12.4. The first-order valence-corrected chi connectivity index (χ1v) is 8.82. The molecule has 0 bridgehead atoms. The summed E-state index contributed by atoms with van der Waals surface area (Å²) in [5, 5.41) is 5.98. The summed E-state index contributed by atoms with van der Waals surface area (Å²) in [6, 6.07) is 15.7. The van der Waals surface area contributed by atoms with Crippen LogP contribution in [0.25, 0.3) is 0 Å². The summed E-state index contributed by atoms with van der Waals surface area (Å²) in [7, 11) is 3.94. The Labute approximate surface area is 159 Å². The van der Waals surface area contributed by atoms with Gasteiger partial charge in [0, 0.05) is 43.6 Å². The molecule has 2 aromatic carbocycles. The van der Waals surface area contributed by atoms with Gasteiger partial charge in [0.2, 0.25) is 5.95 Å². The van der Waals surface area contributed by atoms with Crippen LogP contribution in [0.2, 0.25) is 0 Å². The number of benzene rings is 2. The summed E-state index contributed by atoms with van der Waals surface area (Å²) in [5.74, 6) is 0.206. The molecule has 2 N–H and O–H groups in total. The van der Waals surface area contributed by atoms with Crippen LogP contribution in [0.5, 0.6) is 0 Å². The number of carbonyl (C=O) groups is 1. The van der Waals surface area contributed by atoms with Crippen LogP contribution in [0, 0.1) is 0 Å². The second-order valence-electron chi connectivity index (χ2n) is 6.37. The first-order chi connectivity index (χ1) is 13.0. The first-order valence-electron chi connectivity index (χ1n) is 8.82. The molecule has 6 heteroatoms. The Morgan fingerprint density at radius 3 is 2.07 bits per heavy atom. The number of rotatable bonds is 6. The van der Waals surface area contributed by atoms with E-state index in [1.165, 1.54) is 18.0 Å². The third-order valence-corrected chi connectivity index (χ3v) is 4.17. The number of hydrogen-bond donors (Lipinski definition) is 2. The van der Waals surface area contributed by atoms with Crippen LogP contribution in [-0.2, 0) is 6.42 Å². The largest absolute Gasteiger partial charge is 0.378 e. The average molecular weight is 361 g/mol. The van der Waals surface area contributed by atoms with Crippen LogP contribution in [-0.4, -0.2) is 30.0 Å². The molecule has 0 aliphatic heterocycles. The van der Waals surface area contributed by atoms with Gasteiger partial charge in [0.15, 0.2) is 0 Å². The Morgan fingerprint density at radius 2 is 1.52 bits per heavy atom. The van der Waals surface area contributed by atoms with Crippen molar-refractivity contribution < 1.29 is 4.79 Å². The predicted octanol–water partition coefficient (Wildman–Crippen LogP) is 4.10. The molecule has 27 heavy (non-hydrogen) atoms. The number of carbonyl (C=O) groups excluding carboxylic acids is 1. The number of aromatic nitrogens is 2. The fourth-order valence-corrected chi connectivity index (χ4v) is 2.51. The normalized spacial score (nSPS) is 10.3. The molecule has 1 heterocycles. The lowest BCUT2D eigenvalue weighted by molar-refractivity contribution is 0.102. The van der Waals surface area contributed by atoms with Crippen molar-refractivity contribution in [1.82, 2.24) is 9.97 Å². The second-order valence-corrected chi connectivity index (χ2v) is 6.37. The zero-order chi connectivity index (χ0) is 19.2. The molecule has 0 unspecified atom stereocenters. The van der Waals surface area contributed by atoms with E-state index in [9.17, 15) is 4.79 Å². The Morgan fingerprint density at radius 1 is 0.926 bits per heavy atom. The zero-order valence-electron chi connectivity index (χ0n) is 15.7. The van der Waals surface area contributed by atoms with Crippen molar-refractivity contribution in [1.29, 1.82) is 0 Å². The van der Waals surface area contributed by atoms with E-state index < -0.39 is 0 Å². The molecule has 0 aliphatic carbocycles. The van der Waals surface area contributed by atoms with Crippen LogP contribution >= 0.6 is 0 Å². The molecule has 3 aromatic rings. The molecule has 0 saturated carbocycles. The summed E-state index contributed by atoms with van der Waals surface area (Å²) in [6.45, 7) is 2.12. The van der Waals surface area contributed by atoms with Crippen LogP contribution < -0.4 is 15.5 Å². The lowest BCUT2D eigenvalue weighted by Crippen LogP contribution is -2.13. The quantitative estimate of drug-likeness (QED) is 0.692. The summed E-state index contributed by atoms with van der Waals surface area (Å²) in [5.41, 5.74) is 4.37. The fraction of sp³-hybridized carbons (Fsp3) is 0.190. The maximum Gasteiger partial charge on any atom is 0.258 e. The molecule has 0 aliphatic rings. The minimum atomic E-state index is -0.244. The van der Waals surface area contributed by atoms with Crippen LogP contribution in [0.3, 0.4) is 0 Å². The van der Waals surface area contributed by atoms with Crippen molar-refractivity contribution in [2.45, 2.75) is 13.3 Å². The topological polar surface area (TPSA) is 70.2 Å². The highest BCUT2D eigenvalue weighted by molar-refractivity contribution is 6.04. The van der Waals surface area contributed by atoms with Gasteiger partial charge >= 0.3 is 0 Å². The van der Waals surface area contributed by atoms with E-state index in [2.05, 4.69) is 39.7 Å². The van der Waals surface area contributed by atoms with Gasteiger partial charge in [0.1, 0.15) is 0 Å². The van der Waals surface area contributed by atoms with Crippen molar-refractivity contribution in [3.63, 3.8) is 0 Å². The maximum atomic E-state index is 12.4. The lowest BCUT2D eigenvalue weighted by Gasteiger charge is -2.13. The number of nitrogens with one attached hydrogen (secondary N) is 2. The van der Waals surface area contributed by atoms with Crippen molar-refractivity contribution in [3.8, 4) is 0 Å². The molecule has 1 amide bonds. The van der Waals surface area contributed by atoms with Gasteiger partial charge in [-0.3, -0.25) is 4.79 Å². The second kappa shape index (κ2) is 8.31. The van der Waals surface area contributed by atoms with Gasteiger partial charge in [-0.25, -0.2) is 9.97 Å². The van der Waals surface area contributed by atoms with Gasteiger partial charge in [-0.15, -0.1) is 0 Å². The summed E-state index contributed by atoms with van der Waals surface area (Å²) >= 11 is 0. The molecular formula is C21H23N5O. The van der Waals surface area contributed by atoms with E-state index in [0.717, 1.165) is 23.5 Å². The molecule has 0 radical (unpaired) electrons. The van der Waals surface area contributed by atoms with E-state index >= 15 is 0 Å². The van der Waals surface area contributed by atoms with Crippen LogP contribution in [0.1, 0.15) is 22.8 Å². The van der Waals surface area contributed by atoms with E-state index in [1.807, 2.05) is 55.4 Å². The van der Waals surface area contributed by atoms with Crippen LogP contribution in [0.4, 0.5) is 23.0 Å². The molecule has 3 rings (SSSR count). The van der Waals surface area contributed by atoms with Crippen molar-refractivity contribution in [3.05, 3.63) is 72.1 Å². The van der Waals surface area contributed by atoms with Gasteiger partial charge in [0.25, 0.3) is 5.91 Å². The monoisotopic (exact) mass is 361 g/mol. The molecule has 0 spiro atoms. The highest BCUT2D eigenvalue weighted by Gasteiger charge is 2.08. The number of nitrogens with zero attached hydrogens (tertiary/aromatic N) is 3. The number of anilines is 4. The molecule has 6 nitrogen and oxygen atoms in total. The lowest BCUT2D eigenvalue weighted by atomic mass is 10.1. The van der Waals surface area contributed by atoms with Gasteiger partial charge in [0.05, 0.1) is 5.56 Å². The number of aryl methyl sites for hydroxylation is 1. The Hall–Kier alpha value is -3.41. The SMILES string of the molecule is CCc1ccc(Nc2ncc(C(=O)Nc3ccc(N(C)C)cc3)cn2)cc1. The van der Waals surface area contributed by atoms with Crippen molar-refractivity contribution in [2.75, 3.05) is 29.6 Å². The number of hydrogen-bond acceptors (Lipinski definition) is 5. The Kier molecular flexibility index (Phi) is 5.66. The Balaban J connectivity index is 1.62. The highest BCUT2D eigenvalue weighted by Crippen LogP contribution is 2.17. The van der Waals surface area contributed by atoms with Gasteiger partial charge in [-0.1, -0.05) is 19.1 Å². The average Bonchev–Trinajstić information content (AvgIpc) is 2.69. The van der Waals surface area contributed by atoms with E-state index in [1.54, 1.807) is 0 Å². The smallest absolute Gasteiger partial charge is 0.258 e. The minimum Gasteiger partial charge on any atom is -0.378 e. The standard InChI is InChI=1S/C21H23N5O/c1-4-15-5-7-18(8-6-15)25-21-22-13-16(14-23-21)20(27)24-17-9-11-19(12-10-17)26(2)3/h5-14H,4H2,1-3H3,(H,24,27)(H,22,23,25). The molecule has 0 fully saturated rings. The third-order valence-electron chi connectivity index (χ3n) is 4.17. The summed E-state index contributed by atoms with van der Waals surface area (Å²) in [6.07, 6.45) is 4.02. The molecule has 138 valence electrons. The van der Waals surface area contributed by atoms with Gasteiger partial charge in [-0.2, -0.15) is 0 Å².